The summed E-state index contributed by atoms with van der Waals surface area (Å²) in [6.07, 6.45) is 1.81. The molecule has 1 aromatic carbocycles. The Morgan fingerprint density at radius 2 is 2.23 bits per heavy atom. The highest BCUT2D eigenvalue weighted by atomic mass is 79.9. The van der Waals surface area contributed by atoms with E-state index in [0.717, 1.165) is 27.4 Å². The predicted molar refractivity (Wildman–Crippen MR) is 108 cm³/mol. The number of amidine groups is 1. The molecule has 0 saturated carbocycles. The number of aliphatic imine (C=N–C) groups is 1. The molecule has 1 fully saturated rings. The van der Waals surface area contributed by atoms with E-state index in [0.29, 0.717) is 17.6 Å². The first-order valence-corrected chi connectivity index (χ1v) is 10.3. The van der Waals surface area contributed by atoms with Crippen LogP contribution in [-0.4, -0.2) is 38.6 Å². The van der Waals surface area contributed by atoms with Gasteiger partial charge in [-0.15, -0.1) is 0 Å². The third-order valence-electron chi connectivity index (χ3n) is 4.58. The van der Waals surface area contributed by atoms with Crippen molar-refractivity contribution in [1.29, 1.82) is 0 Å². The molecule has 0 unspecified atom stereocenters. The van der Waals surface area contributed by atoms with Crippen LogP contribution in [0.1, 0.15) is 37.2 Å². The Morgan fingerprint density at radius 3 is 2.96 bits per heavy atom. The number of rotatable bonds is 4. The molecule has 3 atom stereocenters. The van der Waals surface area contributed by atoms with Crippen LogP contribution in [0.4, 0.5) is 0 Å². The number of aromatic hydroxyl groups is 1. The van der Waals surface area contributed by atoms with Gasteiger partial charge < -0.3 is 14.7 Å². The van der Waals surface area contributed by atoms with Crippen LogP contribution in [0.3, 0.4) is 0 Å². The number of aromatic nitrogens is 1. The predicted octanol–water partition coefficient (Wildman–Crippen LogP) is 4.54. The van der Waals surface area contributed by atoms with Crippen LogP contribution in [0.5, 0.6) is 11.5 Å². The third kappa shape index (κ3) is 3.07. The molecular weight excluding hydrogens is 414 g/mol. The molecule has 136 valence electrons. The van der Waals surface area contributed by atoms with Crippen molar-refractivity contribution < 1.29 is 9.84 Å². The number of phenols is 1. The summed E-state index contributed by atoms with van der Waals surface area (Å²) in [6, 6.07) is 9.51. The van der Waals surface area contributed by atoms with E-state index in [9.17, 15) is 5.11 Å². The molecule has 1 aromatic heterocycles. The molecule has 0 aliphatic carbocycles. The molecule has 1 N–H and O–H groups in total. The van der Waals surface area contributed by atoms with Gasteiger partial charge in [-0.25, -0.2) is 0 Å². The van der Waals surface area contributed by atoms with Crippen molar-refractivity contribution in [3.63, 3.8) is 0 Å². The number of thioether (sulfide) groups is 1. The summed E-state index contributed by atoms with van der Waals surface area (Å²) in [4.78, 5) is 11.9. The molecule has 2 aliphatic heterocycles. The van der Waals surface area contributed by atoms with E-state index >= 15 is 0 Å². The van der Waals surface area contributed by atoms with E-state index in [1.807, 2.05) is 49.1 Å². The Kier molecular flexibility index (Phi) is 4.84. The highest BCUT2D eigenvalue weighted by Gasteiger charge is 2.44. The molecule has 0 radical (unpaired) electrons. The van der Waals surface area contributed by atoms with Crippen LogP contribution >= 0.6 is 27.7 Å². The SMILES string of the molecule is CCOc1cc([C@H]2[C@@H](c3ccccn3)N=C3S[C@@H](C)CN32)c(Br)cc1O. The van der Waals surface area contributed by atoms with Crippen molar-refractivity contribution in [1.82, 2.24) is 9.88 Å². The fourth-order valence-corrected chi connectivity index (χ4v) is 5.17. The fraction of sp³-hybridized carbons (Fsp3) is 0.368. The molecule has 5 nitrogen and oxygen atoms in total. The number of hydrogen-bond donors (Lipinski definition) is 1. The summed E-state index contributed by atoms with van der Waals surface area (Å²) in [5, 5.41) is 11.8. The average molecular weight is 434 g/mol. The smallest absolute Gasteiger partial charge is 0.161 e. The topological polar surface area (TPSA) is 58.0 Å². The molecule has 0 spiro atoms. The van der Waals surface area contributed by atoms with Crippen molar-refractivity contribution in [3.05, 3.63) is 52.3 Å². The van der Waals surface area contributed by atoms with Gasteiger partial charge in [0.1, 0.15) is 6.04 Å². The Morgan fingerprint density at radius 1 is 1.38 bits per heavy atom. The fourth-order valence-electron chi connectivity index (χ4n) is 3.51. The van der Waals surface area contributed by atoms with Crippen LogP contribution < -0.4 is 4.74 Å². The highest BCUT2D eigenvalue weighted by Crippen LogP contribution is 2.50. The minimum Gasteiger partial charge on any atom is -0.504 e. The number of hydrogen-bond acceptors (Lipinski definition) is 6. The van der Waals surface area contributed by atoms with Gasteiger partial charge in [-0.3, -0.25) is 9.98 Å². The van der Waals surface area contributed by atoms with Crippen molar-refractivity contribution in [2.45, 2.75) is 31.2 Å². The number of pyridine rings is 1. The number of ether oxygens (including phenoxy) is 1. The van der Waals surface area contributed by atoms with Crippen LogP contribution in [-0.2, 0) is 0 Å². The van der Waals surface area contributed by atoms with Gasteiger partial charge in [0.15, 0.2) is 16.7 Å². The van der Waals surface area contributed by atoms with Crippen molar-refractivity contribution in [2.24, 2.45) is 4.99 Å². The van der Waals surface area contributed by atoms with E-state index < -0.39 is 0 Å². The van der Waals surface area contributed by atoms with Crippen molar-refractivity contribution in [2.75, 3.05) is 13.2 Å². The number of nitrogens with zero attached hydrogens (tertiary/aromatic N) is 3. The molecule has 3 heterocycles. The molecule has 26 heavy (non-hydrogen) atoms. The summed E-state index contributed by atoms with van der Waals surface area (Å²) in [6.45, 7) is 5.57. The maximum atomic E-state index is 10.2. The lowest BCUT2D eigenvalue weighted by Gasteiger charge is -2.28. The van der Waals surface area contributed by atoms with Gasteiger partial charge in [0.2, 0.25) is 0 Å². The highest BCUT2D eigenvalue weighted by molar-refractivity contribution is 9.10. The minimum atomic E-state index is -0.0819. The second kappa shape index (κ2) is 7.12. The molecule has 2 aromatic rings. The number of phenolic OH excluding ortho intramolecular Hbond substituents is 1. The molecule has 0 amide bonds. The summed E-state index contributed by atoms with van der Waals surface area (Å²) in [5.74, 6) is 0.638. The second-order valence-corrected chi connectivity index (χ2v) is 8.67. The monoisotopic (exact) mass is 433 g/mol. The van der Waals surface area contributed by atoms with Crippen LogP contribution in [0.25, 0.3) is 0 Å². The Bertz CT molecular complexity index is 846. The van der Waals surface area contributed by atoms with Crippen molar-refractivity contribution in [3.8, 4) is 11.5 Å². The Labute approximate surface area is 165 Å². The van der Waals surface area contributed by atoms with E-state index in [-0.39, 0.29) is 17.8 Å². The number of halogens is 1. The van der Waals surface area contributed by atoms with Gasteiger partial charge in [0.05, 0.1) is 18.3 Å². The summed E-state index contributed by atoms with van der Waals surface area (Å²) >= 11 is 5.44. The standard InChI is InChI=1S/C19H20BrN3O2S/c1-3-25-16-8-12(13(20)9-15(16)24)18-17(14-6-4-5-7-21-14)22-19-23(18)10-11(2)26-19/h4-9,11,17-18,24H,3,10H2,1-2H3/t11-,17+,18-/m0/s1. The minimum absolute atomic E-state index is 0.0199. The quantitative estimate of drug-likeness (QED) is 0.766. The number of fused-ring (bicyclic) bond motifs is 1. The first-order chi connectivity index (χ1) is 12.6. The third-order valence-corrected chi connectivity index (χ3v) is 6.37. The van der Waals surface area contributed by atoms with Gasteiger partial charge in [-0.05, 0) is 36.8 Å². The maximum absolute atomic E-state index is 10.2. The van der Waals surface area contributed by atoms with Crippen LogP contribution in [0.2, 0.25) is 0 Å². The zero-order valence-corrected chi connectivity index (χ0v) is 17.0. The van der Waals surface area contributed by atoms with Crippen LogP contribution in [0.15, 0.2) is 46.0 Å². The van der Waals surface area contributed by atoms with Gasteiger partial charge >= 0.3 is 0 Å². The van der Waals surface area contributed by atoms with Gasteiger partial charge in [0.25, 0.3) is 0 Å². The molecule has 2 aliphatic rings. The lowest BCUT2D eigenvalue weighted by Crippen LogP contribution is -2.28. The van der Waals surface area contributed by atoms with Crippen molar-refractivity contribution >= 4 is 32.9 Å². The summed E-state index contributed by atoms with van der Waals surface area (Å²) in [7, 11) is 0. The average Bonchev–Trinajstić information content (AvgIpc) is 3.14. The van der Waals surface area contributed by atoms with E-state index in [2.05, 4.69) is 32.7 Å². The lowest BCUT2D eigenvalue weighted by atomic mass is 9.96. The lowest BCUT2D eigenvalue weighted by molar-refractivity contribution is 0.306. The van der Waals surface area contributed by atoms with Gasteiger partial charge in [-0.1, -0.05) is 40.7 Å². The molecule has 4 rings (SSSR count). The zero-order valence-electron chi connectivity index (χ0n) is 14.6. The molecule has 1 saturated heterocycles. The number of benzene rings is 1. The Balaban J connectivity index is 1.81. The first kappa shape index (κ1) is 17.7. The zero-order chi connectivity index (χ0) is 18.3. The second-order valence-electron chi connectivity index (χ2n) is 6.41. The van der Waals surface area contributed by atoms with Gasteiger partial charge in [0, 0.05) is 22.5 Å². The Hall–Kier alpha value is -1.73. The van der Waals surface area contributed by atoms with E-state index in [1.54, 1.807) is 6.07 Å². The molecule has 7 heteroatoms. The summed E-state index contributed by atoms with van der Waals surface area (Å²) < 4.78 is 6.47. The maximum Gasteiger partial charge on any atom is 0.161 e. The van der Waals surface area contributed by atoms with E-state index in [4.69, 9.17) is 9.73 Å². The summed E-state index contributed by atoms with van der Waals surface area (Å²) in [5.41, 5.74) is 2.00. The van der Waals surface area contributed by atoms with Gasteiger partial charge in [-0.2, -0.15) is 0 Å². The normalized spacial score (nSPS) is 24.5. The molecular formula is C19H20BrN3O2S. The van der Waals surface area contributed by atoms with Crippen LogP contribution in [0, 0.1) is 0 Å². The molecule has 0 bridgehead atoms. The largest absolute Gasteiger partial charge is 0.504 e. The first-order valence-electron chi connectivity index (χ1n) is 8.65. The van der Waals surface area contributed by atoms with E-state index in [1.165, 1.54) is 0 Å².